The molecule has 0 saturated heterocycles. The molecule has 0 N–H and O–H groups in total. The number of hydrogen-bond donors (Lipinski definition) is 0. The number of hydrogen-bond acceptors (Lipinski definition) is 3. The molecular weight excluding hydrogens is 321 g/mol. The normalized spacial score (nSPS) is 10.5. The maximum atomic E-state index is 6.14. The minimum atomic E-state index is 0.110. The smallest absolute Gasteiger partial charge is 0.157 e. The monoisotopic (exact) mass is 333 g/mol. The zero-order chi connectivity index (χ0) is 15.9. The second-order valence-electron chi connectivity index (χ2n) is 4.26. The van der Waals surface area contributed by atoms with Crippen LogP contribution in [-0.4, -0.2) is 19.9 Å². The summed E-state index contributed by atoms with van der Waals surface area (Å²) in [5.41, 5.74) is 1.56. The fourth-order valence-corrected chi connectivity index (χ4v) is 2.34. The highest BCUT2D eigenvalue weighted by Crippen LogP contribution is 2.34. The van der Waals surface area contributed by atoms with E-state index in [-0.39, 0.29) is 6.61 Å². The van der Waals surface area contributed by atoms with Crippen LogP contribution in [-0.2, 0) is 0 Å². The molecule has 0 heterocycles. The van der Waals surface area contributed by atoms with Gasteiger partial charge in [0.1, 0.15) is 12.4 Å². The van der Waals surface area contributed by atoms with Gasteiger partial charge in [-0.05, 0) is 42.0 Å². The maximum Gasteiger partial charge on any atom is 0.157 e. The Bertz CT molecular complexity index is 695. The van der Waals surface area contributed by atoms with Crippen LogP contribution in [0.15, 0.2) is 41.4 Å². The van der Waals surface area contributed by atoms with E-state index < -0.39 is 0 Å². The van der Waals surface area contributed by atoms with Crippen molar-refractivity contribution >= 4 is 35.1 Å². The predicted octanol–water partition coefficient (Wildman–Crippen LogP) is 4.76. The molecule has 22 heavy (non-hydrogen) atoms. The number of methoxy groups -OCH3 is 1. The van der Waals surface area contributed by atoms with Crippen molar-refractivity contribution in [2.24, 2.45) is 4.99 Å². The molecular formula is C17H13Cl2NO2. The molecule has 3 nitrogen and oxygen atoms in total. The number of ether oxygens (including phenoxy) is 2. The summed E-state index contributed by atoms with van der Waals surface area (Å²) in [5, 5.41) is 0.776. The highest BCUT2D eigenvalue weighted by atomic mass is 35.5. The van der Waals surface area contributed by atoms with Gasteiger partial charge < -0.3 is 9.47 Å². The van der Waals surface area contributed by atoms with E-state index in [1.807, 2.05) is 24.3 Å². The lowest BCUT2D eigenvalue weighted by Gasteiger charge is -2.08. The molecule has 2 rings (SSSR count). The van der Waals surface area contributed by atoms with Gasteiger partial charge in [0.05, 0.1) is 22.8 Å². The summed E-state index contributed by atoms with van der Waals surface area (Å²) in [6.07, 6.45) is 6.82. The van der Waals surface area contributed by atoms with Crippen molar-refractivity contribution in [3.63, 3.8) is 0 Å². The summed E-state index contributed by atoms with van der Waals surface area (Å²) >= 11 is 12.3. The molecule has 112 valence electrons. The van der Waals surface area contributed by atoms with Crippen molar-refractivity contribution in [1.29, 1.82) is 0 Å². The lowest BCUT2D eigenvalue weighted by Crippen LogP contribution is -1.96. The topological polar surface area (TPSA) is 30.8 Å². The molecule has 0 aliphatic rings. The molecule has 0 aromatic heterocycles. The number of terminal acetylenes is 1. The Kier molecular flexibility index (Phi) is 5.71. The fraction of sp³-hybridized carbons (Fsp3) is 0.118. The van der Waals surface area contributed by atoms with Gasteiger partial charge in [0.25, 0.3) is 0 Å². The van der Waals surface area contributed by atoms with Crippen molar-refractivity contribution in [3.8, 4) is 23.8 Å². The number of rotatable bonds is 5. The lowest BCUT2D eigenvalue weighted by atomic mass is 10.2. The van der Waals surface area contributed by atoms with Crippen LogP contribution >= 0.6 is 23.2 Å². The zero-order valence-corrected chi connectivity index (χ0v) is 13.4. The van der Waals surface area contributed by atoms with Crippen molar-refractivity contribution in [1.82, 2.24) is 0 Å². The molecule has 0 aliphatic carbocycles. The molecule has 0 fully saturated rings. The van der Waals surface area contributed by atoms with Gasteiger partial charge in [-0.3, -0.25) is 4.99 Å². The van der Waals surface area contributed by atoms with E-state index in [0.717, 1.165) is 17.0 Å². The first kappa shape index (κ1) is 16.2. The summed E-state index contributed by atoms with van der Waals surface area (Å²) in [4.78, 5) is 4.35. The van der Waals surface area contributed by atoms with Crippen molar-refractivity contribution in [2.75, 3.05) is 13.7 Å². The van der Waals surface area contributed by atoms with E-state index >= 15 is 0 Å². The Morgan fingerprint density at radius 3 is 2.36 bits per heavy atom. The highest BCUT2D eigenvalue weighted by molar-refractivity contribution is 6.37. The average Bonchev–Trinajstić information content (AvgIpc) is 2.52. The van der Waals surface area contributed by atoms with Crippen LogP contribution < -0.4 is 9.47 Å². The first-order valence-corrected chi connectivity index (χ1v) is 7.13. The number of aliphatic imine (C=N–C) groups is 1. The Morgan fingerprint density at radius 1 is 1.18 bits per heavy atom. The average molecular weight is 334 g/mol. The first-order chi connectivity index (χ1) is 10.6. The summed E-state index contributed by atoms with van der Waals surface area (Å²) in [5.74, 6) is 3.52. The van der Waals surface area contributed by atoms with Crippen LogP contribution in [0, 0.1) is 12.3 Å². The summed E-state index contributed by atoms with van der Waals surface area (Å²) in [7, 11) is 1.62. The van der Waals surface area contributed by atoms with Gasteiger partial charge in [0, 0.05) is 6.21 Å². The summed E-state index contributed by atoms with van der Waals surface area (Å²) in [6, 6.07) is 10.8. The number of halogens is 2. The molecule has 0 saturated carbocycles. The third kappa shape index (κ3) is 4.17. The van der Waals surface area contributed by atoms with Crippen LogP contribution in [0.2, 0.25) is 10.0 Å². The van der Waals surface area contributed by atoms with Gasteiger partial charge in [0.15, 0.2) is 5.75 Å². The van der Waals surface area contributed by atoms with Gasteiger partial charge in [-0.15, -0.1) is 6.42 Å². The minimum absolute atomic E-state index is 0.110. The molecule has 0 radical (unpaired) electrons. The van der Waals surface area contributed by atoms with Gasteiger partial charge >= 0.3 is 0 Å². The molecule has 0 unspecified atom stereocenters. The predicted molar refractivity (Wildman–Crippen MR) is 91.0 cm³/mol. The van der Waals surface area contributed by atoms with Gasteiger partial charge in [-0.25, -0.2) is 0 Å². The second-order valence-corrected chi connectivity index (χ2v) is 5.08. The lowest BCUT2D eigenvalue weighted by molar-refractivity contribution is 0.371. The Morgan fingerprint density at radius 2 is 1.82 bits per heavy atom. The Labute approximate surface area is 139 Å². The van der Waals surface area contributed by atoms with Crippen molar-refractivity contribution in [2.45, 2.75) is 0 Å². The molecule has 0 spiro atoms. The number of benzene rings is 2. The Hall–Kier alpha value is -2.15. The molecule has 0 bridgehead atoms. The standard InChI is InChI=1S/C17H13Cl2NO2/c1-3-8-22-17-15(18)9-12(10-16(17)19)11-20-13-4-6-14(21-2)7-5-13/h1,4-7,9-11H,8H2,2H3. The van der Waals surface area contributed by atoms with Crippen LogP contribution in [0.1, 0.15) is 5.56 Å². The molecule has 0 amide bonds. The van der Waals surface area contributed by atoms with E-state index in [2.05, 4.69) is 10.9 Å². The Balaban J connectivity index is 2.18. The van der Waals surface area contributed by atoms with E-state index in [0.29, 0.717) is 15.8 Å². The van der Waals surface area contributed by atoms with E-state index in [9.17, 15) is 0 Å². The quantitative estimate of drug-likeness (QED) is 0.583. The van der Waals surface area contributed by atoms with Gasteiger partial charge in [-0.1, -0.05) is 29.1 Å². The summed E-state index contributed by atoms with van der Waals surface area (Å²) < 4.78 is 10.4. The maximum absolute atomic E-state index is 6.14. The van der Waals surface area contributed by atoms with Crippen LogP contribution in [0.25, 0.3) is 0 Å². The summed E-state index contributed by atoms with van der Waals surface area (Å²) in [6.45, 7) is 0.110. The SMILES string of the molecule is C#CCOc1c(Cl)cc(C=Nc2ccc(OC)cc2)cc1Cl. The van der Waals surface area contributed by atoms with Crippen LogP contribution in [0.4, 0.5) is 5.69 Å². The van der Waals surface area contributed by atoms with E-state index in [4.69, 9.17) is 39.1 Å². The largest absolute Gasteiger partial charge is 0.497 e. The first-order valence-electron chi connectivity index (χ1n) is 6.37. The van der Waals surface area contributed by atoms with Crippen LogP contribution in [0.5, 0.6) is 11.5 Å². The van der Waals surface area contributed by atoms with E-state index in [1.54, 1.807) is 25.5 Å². The van der Waals surface area contributed by atoms with Crippen molar-refractivity contribution in [3.05, 3.63) is 52.0 Å². The van der Waals surface area contributed by atoms with E-state index in [1.165, 1.54) is 0 Å². The molecule has 0 aliphatic heterocycles. The minimum Gasteiger partial charge on any atom is -0.497 e. The third-order valence-electron chi connectivity index (χ3n) is 2.76. The number of nitrogens with zero attached hydrogens (tertiary/aromatic N) is 1. The fourth-order valence-electron chi connectivity index (χ4n) is 1.72. The molecule has 2 aromatic rings. The van der Waals surface area contributed by atoms with Crippen molar-refractivity contribution < 1.29 is 9.47 Å². The highest BCUT2D eigenvalue weighted by Gasteiger charge is 2.08. The second kappa shape index (κ2) is 7.74. The van der Waals surface area contributed by atoms with Crippen LogP contribution in [0.3, 0.4) is 0 Å². The molecule has 5 heteroatoms. The zero-order valence-electron chi connectivity index (χ0n) is 11.8. The molecule has 2 aromatic carbocycles. The van der Waals surface area contributed by atoms with Gasteiger partial charge in [0.2, 0.25) is 0 Å². The van der Waals surface area contributed by atoms with Gasteiger partial charge in [-0.2, -0.15) is 0 Å². The molecule has 0 atom stereocenters. The third-order valence-corrected chi connectivity index (χ3v) is 3.32.